The van der Waals surface area contributed by atoms with Crippen LogP contribution in [0.15, 0.2) is 46.1 Å². The van der Waals surface area contributed by atoms with Gasteiger partial charge in [0.25, 0.3) is 5.56 Å². The molecular formula is C24H29N3O4S. The number of fused-ring (bicyclic) bond motifs is 2. The van der Waals surface area contributed by atoms with Gasteiger partial charge in [0.15, 0.2) is 0 Å². The summed E-state index contributed by atoms with van der Waals surface area (Å²) in [5.41, 5.74) is 3.79. The highest BCUT2D eigenvalue weighted by Crippen LogP contribution is 2.34. The van der Waals surface area contributed by atoms with Crippen LogP contribution in [0.1, 0.15) is 30.5 Å². The Hall–Kier alpha value is -2.84. The standard InChI is InChI=1S/C24H29N3O4S/c1-15(2)27(14-18-12-20-16(3)6-7-17(4)23(20)25-24(18)28)32(29,30)19-8-9-21-22(13-19)31-11-10-26(21)5/h6-9,12-13,15H,10-11,14H2,1-5H3,(H,25,28). The third-order valence-corrected chi connectivity index (χ3v) is 8.07. The molecule has 0 saturated heterocycles. The van der Waals surface area contributed by atoms with Gasteiger partial charge in [-0.1, -0.05) is 12.1 Å². The average molecular weight is 456 g/mol. The Balaban J connectivity index is 1.75. The van der Waals surface area contributed by atoms with Gasteiger partial charge in [0.1, 0.15) is 12.4 Å². The highest BCUT2D eigenvalue weighted by Gasteiger charge is 2.30. The fraction of sp³-hybridized carbons (Fsp3) is 0.375. The number of likely N-dealkylation sites (N-methyl/N-ethyl adjacent to an activating group) is 1. The second-order valence-electron chi connectivity index (χ2n) is 8.66. The van der Waals surface area contributed by atoms with E-state index in [2.05, 4.69) is 4.98 Å². The highest BCUT2D eigenvalue weighted by molar-refractivity contribution is 7.89. The summed E-state index contributed by atoms with van der Waals surface area (Å²) in [6.07, 6.45) is 0. The van der Waals surface area contributed by atoms with E-state index in [1.807, 2.05) is 57.8 Å². The summed E-state index contributed by atoms with van der Waals surface area (Å²) in [6, 6.07) is 10.4. The number of hydrogen-bond acceptors (Lipinski definition) is 5. The summed E-state index contributed by atoms with van der Waals surface area (Å²) in [7, 11) is -1.91. The maximum atomic E-state index is 13.6. The number of sulfonamides is 1. The number of hydrogen-bond donors (Lipinski definition) is 1. The molecule has 0 amide bonds. The Bertz CT molecular complexity index is 1350. The van der Waals surface area contributed by atoms with Crippen molar-refractivity contribution in [1.29, 1.82) is 0 Å². The molecule has 0 spiro atoms. The van der Waals surface area contributed by atoms with Gasteiger partial charge in [-0.2, -0.15) is 4.31 Å². The zero-order valence-electron chi connectivity index (χ0n) is 19.1. The Kier molecular flexibility index (Phi) is 5.77. The summed E-state index contributed by atoms with van der Waals surface area (Å²) in [5, 5.41) is 0.922. The first-order valence-corrected chi connectivity index (χ1v) is 12.2. The molecule has 2 aromatic carbocycles. The van der Waals surface area contributed by atoms with Gasteiger partial charge in [0.2, 0.25) is 10.0 Å². The topological polar surface area (TPSA) is 82.7 Å². The molecular weight excluding hydrogens is 426 g/mol. The lowest BCUT2D eigenvalue weighted by molar-refractivity contribution is 0.309. The molecule has 1 aromatic heterocycles. The zero-order chi connectivity index (χ0) is 23.2. The SMILES string of the molecule is Cc1ccc(C)c2[nH]c(=O)c(CN(C(C)C)S(=O)(=O)c3ccc4c(c3)OCCN4C)cc12. The van der Waals surface area contributed by atoms with Crippen molar-refractivity contribution in [3.63, 3.8) is 0 Å². The van der Waals surface area contributed by atoms with E-state index in [9.17, 15) is 13.2 Å². The fourth-order valence-electron chi connectivity index (χ4n) is 4.08. The first-order chi connectivity index (χ1) is 15.1. The molecule has 2 heterocycles. The van der Waals surface area contributed by atoms with Gasteiger partial charge in [0, 0.05) is 36.7 Å². The molecule has 1 aliphatic heterocycles. The number of ether oxygens (including phenoxy) is 1. The van der Waals surface area contributed by atoms with Gasteiger partial charge in [-0.15, -0.1) is 0 Å². The maximum absolute atomic E-state index is 13.6. The number of pyridine rings is 1. The Morgan fingerprint density at radius 2 is 1.84 bits per heavy atom. The van der Waals surface area contributed by atoms with E-state index in [0.29, 0.717) is 17.9 Å². The average Bonchev–Trinajstić information content (AvgIpc) is 2.74. The van der Waals surface area contributed by atoms with Gasteiger partial charge in [-0.25, -0.2) is 8.42 Å². The minimum absolute atomic E-state index is 0.0174. The van der Waals surface area contributed by atoms with Crippen LogP contribution in [0.25, 0.3) is 10.9 Å². The van der Waals surface area contributed by atoms with E-state index in [-0.39, 0.29) is 23.0 Å². The largest absolute Gasteiger partial charge is 0.490 e. The maximum Gasteiger partial charge on any atom is 0.252 e. The zero-order valence-corrected chi connectivity index (χ0v) is 19.9. The minimum Gasteiger partial charge on any atom is -0.490 e. The Morgan fingerprint density at radius 1 is 1.12 bits per heavy atom. The molecule has 32 heavy (non-hydrogen) atoms. The predicted molar refractivity (Wildman–Crippen MR) is 127 cm³/mol. The number of H-pyrrole nitrogens is 1. The lowest BCUT2D eigenvalue weighted by atomic mass is 10.0. The normalized spacial score (nSPS) is 14.2. The number of nitrogens with zero attached hydrogens (tertiary/aromatic N) is 2. The molecule has 1 aliphatic rings. The minimum atomic E-state index is -3.86. The van der Waals surface area contributed by atoms with E-state index in [4.69, 9.17) is 4.74 Å². The van der Waals surface area contributed by atoms with Gasteiger partial charge in [-0.05, 0) is 57.0 Å². The van der Waals surface area contributed by atoms with Gasteiger partial charge in [0.05, 0.1) is 22.6 Å². The van der Waals surface area contributed by atoms with Gasteiger partial charge in [-0.3, -0.25) is 4.79 Å². The van der Waals surface area contributed by atoms with Gasteiger partial charge < -0.3 is 14.6 Å². The number of benzene rings is 2. The van der Waals surface area contributed by atoms with E-state index in [0.717, 1.165) is 34.3 Å². The predicted octanol–water partition coefficient (Wildman–Crippen LogP) is 3.57. The van der Waals surface area contributed by atoms with Crippen LogP contribution in [0.2, 0.25) is 0 Å². The molecule has 0 saturated carbocycles. The summed E-state index contributed by atoms with van der Waals surface area (Å²) in [5.74, 6) is 0.554. The third kappa shape index (κ3) is 3.89. The number of aryl methyl sites for hydroxylation is 2. The second kappa shape index (κ2) is 8.26. The van der Waals surface area contributed by atoms with Crippen molar-refractivity contribution in [2.45, 2.75) is 45.2 Å². The highest BCUT2D eigenvalue weighted by atomic mass is 32.2. The lowest BCUT2D eigenvalue weighted by Crippen LogP contribution is -2.38. The second-order valence-corrected chi connectivity index (χ2v) is 10.5. The van der Waals surface area contributed by atoms with E-state index < -0.39 is 10.0 Å². The van der Waals surface area contributed by atoms with Crippen LogP contribution < -0.4 is 15.2 Å². The lowest BCUT2D eigenvalue weighted by Gasteiger charge is -2.29. The Labute approximate surface area is 188 Å². The van der Waals surface area contributed by atoms with Crippen molar-refractivity contribution >= 4 is 26.6 Å². The van der Waals surface area contributed by atoms with Crippen molar-refractivity contribution in [2.75, 3.05) is 25.1 Å². The number of anilines is 1. The van der Waals surface area contributed by atoms with Gasteiger partial charge >= 0.3 is 0 Å². The molecule has 4 rings (SSSR count). The smallest absolute Gasteiger partial charge is 0.252 e. The number of nitrogens with one attached hydrogen (secondary N) is 1. The van der Waals surface area contributed by atoms with Crippen LogP contribution in [-0.2, 0) is 16.6 Å². The van der Waals surface area contributed by atoms with Crippen LogP contribution in [0.5, 0.6) is 5.75 Å². The molecule has 0 bridgehead atoms. The molecule has 0 radical (unpaired) electrons. The molecule has 8 heteroatoms. The van der Waals surface area contributed by atoms with Crippen LogP contribution in [0, 0.1) is 13.8 Å². The van der Waals surface area contributed by atoms with Crippen molar-refractivity contribution in [1.82, 2.24) is 9.29 Å². The van der Waals surface area contributed by atoms with Crippen LogP contribution in [-0.4, -0.2) is 43.9 Å². The Morgan fingerprint density at radius 3 is 2.56 bits per heavy atom. The molecule has 0 aliphatic carbocycles. The van der Waals surface area contributed by atoms with Crippen molar-refractivity contribution in [2.24, 2.45) is 0 Å². The molecule has 1 N–H and O–H groups in total. The molecule has 170 valence electrons. The van der Waals surface area contributed by atoms with Crippen LogP contribution in [0.3, 0.4) is 0 Å². The summed E-state index contributed by atoms with van der Waals surface area (Å²) in [6.45, 7) is 8.78. The molecule has 7 nitrogen and oxygen atoms in total. The first-order valence-electron chi connectivity index (χ1n) is 10.7. The van der Waals surface area contributed by atoms with E-state index >= 15 is 0 Å². The molecule has 0 unspecified atom stereocenters. The number of aromatic amines is 1. The van der Waals surface area contributed by atoms with Crippen molar-refractivity contribution in [3.05, 3.63) is 63.4 Å². The monoisotopic (exact) mass is 455 g/mol. The summed E-state index contributed by atoms with van der Waals surface area (Å²) < 4.78 is 34.2. The van der Waals surface area contributed by atoms with Crippen LogP contribution >= 0.6 is 0 Å². The molecule has 0 atom stereocenters. The molecule has 3 aromatic rings. The van der Waals surface area contributed by atoms with E-state index in [1.165, 1.54) is 4.31 Å². The molecule has 0 fully saturated rings. The van der Waals surface area contributed by atoms with Crippen LogP contribution in [0.4, 0.5) is 5.69 Å². The van der Waals surface area contributed by atoms with Crippen molar-refractivity contribution in [3.8, 4) is 5.75 Å². The summed E-state index contributed by atoms with van der Waals surface area (Å²) in [4.78, 5) is 18.0. The first kappa shape index (κ1) is 22.4. The summed E-state index contributed by atoms with van der Waals surface area (Å²) >= 11 is 0. The number of aromatic nitrogens is 1. The third-order valence-electron chi connectivity index (χ3n) is 6.06. The fourth-order valence-corrected chi connectivity index (χ4v) is 5.71. The van der Waals surface area contributed by atoms with E-state index in [1.54, 1.807) is 18.2 Å². The quantitative estimate of drug-likeness (QED) is 0.636. The van der Waals surface area contributed by atoms with Crippen molar-refractivity contribution < 1.29 is 13.2 Å². The number of rotatable bonds is 5.